The smallest absolute Gasteiger partial charge is 0.123 e. The van der Waals surface area contributed by atoms with Gasteiger partial charge in [-0.05, 0) is 6.07 Å². The molecule has 1 aliphatic rings. The first-order chi connectivity index (χ1) is 10.4. The maximum Gasteiger partial charge on any atom is 0.123 e. The Labute approximate surface area is 125 Å². The average Bonchev–Trinajstić information content (AvgIpc) is 3.03. The predicted octanol–water partition coefficient (Wildman–Crippen LogP) is 1.79. The van der Waals surface area contributed by atoms with Gasteiger partial charge in [0.1, 0.15) is 12.4 Å². The number of imidazole rings is 1. The largest absolute Gasteiger partial charge is 0.491 e. The van der Waals surface area contributed by atoms with E-state index in [0.717, 1.165) is 45.1 Å². The second-order valence-corrected chi connectivity index (χ2v) is 5.15. The second kappa shape index (κ2) is 7.24. The third kappa shape index (κ3) is 4.06. The van der Waals surface area contributed by atoms with Crippen LogP contribution in [-0.2, 0) is 17.8 Å². The minimum atomic E-state index is 0.649. The summed E-state index contributed by atoms with van der Waals surface area (Å²) >= 11 is 0. The van der Waals surface area contributed by atoms with Crippen molar-refractivity contribution in [1.82, 2.24) is 14.5 Å². The molecule has 112 valence electrons. The highest BCUT2D eigenvalue weighted by molar-refractivity contribution is 5.33. The number of para-hydroxylation sites is 1. The Kier molecular flexibility index (Phi) is 4.86. The zero-order chi connectivity index (χ0) is 14.3. The van der Waals surface area contributed by atoms with Crippen LogP contribution >= 0.6 is 0 Å². The molecule has 0 bridgehead atoms. The lowest BCUT2D eigenvalue weighted by atomic mass is 10.2. The van der Waals surface area contributed by atoms with Crippen molar-refractivity contribution >= 4 is 0 Å². The van der Waals surface area contributed by atoms with Crippen molar-refractivity contribution in [3.05, 3.63) is 48.5 Å². The maximum absolute atomic E-state index is 5.95. The number of aromatic nitrogens is 2. The van der Waals surface area contributed by atoms with E-state index >= 15 is 0 Å². The lowest BCUT2D eigenvalue weighted by Crippen LogP contribution is -2.35. The summed E-state index contributed by atoms with van der Waals surface area (Å²) in [7, 11) is 0. The first-order valence-electron chi connectivity index (χ1n) is 7.38. The molecule has 1 aromatic carbocycles. The molecule has 21 heavy (non-hydrogen) atoms. The monoisotopic (exact) mass is 287 g/mol. The molecule has 0 atom stereocenters. The van der Waals surface area contributed by atoms with Gasteiger partial charge in [0.25, 0.3) is 0 Å². The number of benzene rings is 1. The van der Waals surface area contributed by atoms with Crippen LogP contribution in [0.2, 0.25) is 0 Å². The summed E-state index contributed by atoms with van der Waals surface area (Å²) in [6.45, 7) is 6.01. The summed E-state index contributed by atoms with van der Waals surface area (Å²) in [4.78, 5) is 6.44. The van der Waals surface area contributed by atoms with Gasteiger partial charge in [-0.1, -0.05) is 18.2 Å². The van der Waals surface area contributed by atoms with Gasteiger partial charge in [0.05, 0.1) is 26.1 Å². The van der Waals surface area contributed by atoms with E-state index in [1.807, 2.05) is 29.2 Å². The van der Waals surface area contributed by atoms with Crippen molar-refractivity contribution in [3.63, 3.8) is 0 Å². The van der Waals surface area contributed by atoms with E-state index < -0.39 is 0 Å². The topological polar surface area (TPSA) is 39.5 Å². The van der Waals surface area contributed by atoms with Crippen LogP contribution < -0.4 is 4.74 Å². The number of rotatable bonds is 6. The molecule has 0 aliphatic carbocycles. The van der Waals surface area contributed by atoms with Gasteiger partial charge in [-0.2, -0.15) is 0 Å². The number of morpholine rings is 1. The molecule has 1 aromatic heterocycles. The molecule has 0 N–H and O–H groups in total. The third-order valence-corrected chi connectivity index (χ3v) is 3.64. The Hall–Kier alpha value is -1.85. The molecule has 0 unspecified atom stereocenters. The van der Waals surface area contributed by atoms with E-state index in [9.17, 15) is 0 Å². The van der Waals surface area contributed by atoms with Gasteiger partial charge in [0.2, 0.25) is 0 Å². The zero-order valence-corrected chi connectivity index (χ0v) is 12.1. The van der Waals surface area contributed by atoms with E-state index in [4.69, 9.17) is 9.47 Å². The highest BCUT2D eigenvalue weighted by Crippen LogP contribution is 2.20. The molecule has 5 heteroatoms. The minimum Gasteiger partial charge on any atom is -0.491 e. The lowest BCUT2D eigenvalue weighted by molar-refractivity contribution is 0.0338. The molecule has 2 heterocycles. The molecule has 0 saturated carbocycles. The Bertz CT molecular complexity index is 536. The molecule has 0 radical (unpaired) electrons. The zero-order valence-electron chi connectivity index (χ0n) is 12.1. The van der Waals surface area contributed by atoms with Crippen molar-refractivity contribution < 1.29 is 9.47 Å². The summed E-state index contributed by atoms with van der Waals surface area (Å²) < 4.78 is 13.4. The number of hydrogen-bond donors (Lipinski definition) is 0. The maximum atomic E-state index is 5.95. The summed E-state index contributed by atoms with van der Waals surface area (Å²) in [6, 6.07) is 8.28. The van der Waals surface area contributed by atoms with Crippen LogP contribution in [0.15, 0.2) is 43.0 Å². The average molecular weight is 287 g/mol. The van der Waals surface area contributed by atoms with Gasteiger partial charge in [-0.3, -0.25) is 4.90 Å². The molecule has 5 nitrogen and oxygen atoms in total. The van der Waals surface area contributed by atoms with Gasteiger partial charge in [0.15, 0.2) is 0 Å². The van der Waals surface area contributed by atoms with Crippen LogP contribution in [0.25, 0.3) is 0 Å². The van der Waals surface area contributed by atoms with Crippen molar-refractivity contribution in [3.8, 4) is 5.75 Å². The van der Waals surface area contributed by atoms with Gasteiger partial charge in [0, 0.05) is 37.6 Å². The summed E-state index contributed by atoms with van der Waals surface area (Å²) in [5, 5.41) is 0. The summed E-state index contributed by atoms with van der Waals surface area (Å²) in [5.41, 5.74) is 1.24. The SMILES string of the molecule is c1ccc(OCCn2ccnc2)c(CN2CCOCC2)c1. The fourth-order valence-corrected chi connectivity index (χ4v) is 2.46. The third-order valence-electron chi connectivity index (χ3n) is 3.64. The Morgan fingerprint density at radius 3 is 2.86 bits per heavy atom. The molecule has 3 rings (SSSR count). The van der Waals surface area contributed by atoms with Crippen LogP contribution in [0, 0.1) is 0 Å². The number of ether oxygens (including phenoxy) is 2. The Morgan fingerprint density at radius 1 is 1.19 bits per heavy atom. The molecule has 1 aliphatic heterocycles. The molecule has 0 amide bonds. The van der Waals surface area contributed by atoms with Gasteiger partial charge < -0.3 is 14.0 Å². The fourth-order valence-electron chi connectivity index (χ4n) is 2.46. The molecule has 2 aromatic rings. The standard InChI is InChI=1S/C16H21N3O2/c1-2-4-16(21-12-9-19-6-5-17-14-19)15(3-1)13-18-7-10-20-11-8-18/h1-6,14H,7-13H2. The van der Waals surface area contributed by atoms with Crippen LogP contribution in [0.1, 0.15) is 5.56 Å². The van der Waals surface area contributed by atoms with Crippen LogP contribution in [0.4, 0.5) is 0 Å². The molecule has 0 spiro atoms. The molecule has 1 saturated heterocycles. The minimum absolute atomic E-state index is 0.649. The van der Waals surface area contributed by atoms with Crippen molar-refractivity contribution in [2.75, 3.05) is 32.9 Å². The first-order valence-corrected chi connectivity index (χ1v) is 7.38. The van der Waals surface area contributed by atoms with E-state index in [1.54, 1.807) is 6.20 Å². The normalized spacial score (nSPS) is 16.0. The van der Waals surface area contributed by atoms with E-state index in [2.05, 4.69) is 22.0 Å². The van der Waals surface area contributed by atoms with Crippen LogP contribution in [-0.4, -0.2) is 47.4 Å². The van der Waals surface area contributed by atoms with Gasteiger partial charge >= 0.3 is 0 Å². The summed E-state index contributed by atoms with van der Waals surface area (Å²) in [5.74, 6) is 0.976. The molecule has 1 fully saturated rings. The van der Waals surface area contributed by atoms with Crippen molar-refractivity contribution in [2.45, 2.75) is 13.1 Å². The van der Waals surface area contributed by atoms with Crippen molar-refractivity contribution in [2.24, 2.45) is 0 Å². The van der Waals surface area contributed by atoms with Crippen molar-refractivity contribution in [1.29, 1.82) is 0 Å². The van der Waals surface area contributed by atoms with E-state index in [1.165, 1.54) is 5.56 Å². The highest BCUT2D eigenvalue weighted by Gasteiger charge is 2.13. The Balaban J connectivity index is 1.56. The fraction of sp³-hybridized carbons (Fsp3) is 0.438. The second-order valence-electron chi connectivity index (χ2n) is 5.15. The van der Waals surface area contributed by atoms with E-state index in [-0.39, 0.29) is 0 Å². The van der Waals surface area contributed by atoms with E-state index in [0.29, 0.717) is 6.61 Å². The molecular weight excluding hydrogens is 266 g/mol. The van der Waals surface area contributed by atoms with Crippen LogP contribution in [0.5, 0.6) is 5.75 Å². The number of hydrogen-bond acceptors (Lipinski definition) is 4. The lowest BCUT2D eigenvalue weighted by Gasteiger charge is -2.27. The van der Waals surface area contributed by atoms with Crippen LogP contribution in [0.3, 0.4) is 0 Å². The summed E-state index contributed by atoms with van der Waals surface area (Å²) in [6.07, 6.45) is 5.54. The Morgan fingerprint density at radius 2 is 2.05 bits per heavy atom. The quantitative estimate of drug-likeness (QED) is 0.812. The van der Waals surface area contributed by atoms with Gasteiger partial charge in [-0.25, -0.2) is 4.98 Å². The highest BCUT2D eigenvalue weighted by atomic mass is 16.5. The number of nitrogens with zero attached hydrogens (tertiary/aromatic N) is 3. The molecular formula is C16H21N3O2. The van der Waals surface area contributed by atoms with Gasteiger partial charge in [-0.15, -0.1) is 0 Å². The first kappa shape index (κ1) is 14.1. The predicted molar refractivity (Wildman–Crippen MR) is 80.3 cm³/mol.